The van der Waals surface area contributed by atoms with Crippen LogP contribution in [0.1, 0.15) is 22.2 Å². The lowest BCUT2D eigenvalue weighted by atomic mass is 10.2. The molecule has 8 nitrogen and oxygen atoms in total. The van der Waals surface area contributed by atoms with E-state index < -0.39 is 10.0 Å². The number of ether oxygens (including phenoxy) is 1. The zero-order chi connectivity index (χ0) is 20.1. The van der Waals surface area contributed by atoms with Gasteiger partial charge in [-0.05, 0) is 36.4 Å². The van der Waals surface area contributed by atoms with Gasteiger partial charge in [0.25, 0.3) is 5.91 Å². The first-order valence-corrected chi connectivity index (χ1v) is 10.6. The van der Waals surface area contributed by atoms with Crippen LogP contribution in [0.15, 0.2) is 52.0 Å². The fourth-order valence-electron chi connectivity index (χ4n) is 3.09. The molecule has 2 aromatic rings. The Balaban J connectivity index is 1.65. The van der Waals surface area contributed by atoms with E-state index in [0.717, 1.165) is 10.7 Å². The van der Waals surface area contributed by atoms with E-state index in [4.69, 9.17) is 9.15 Å². The molecule has 3 rings (SSSR count). The molecule has 9 heteroatoms. The summed E-state index contributed by atoms with van der Waals surface area (Å²) in [6.07, 6.45) is 1.61. The van der Waals surface area contributed by atoms with Crippen molar-refractivity contribution in [2.45, 2.75) is 10.9 Å². The van der Waals surface area contributed by atoms with E-state index in [0.29, 0.717) is 38.4 Å². The van der Waals surface area contributed by atoms with Crippen LogP contribution in [0.3, 0.4) is 0 Å². The van der Waals surface area contributed by atoms with E-state index in [-0.39, 0.29) is 16.8 Å². The number of nitrogens with one attached hydrogen (secondary N) is 2. The number of amides is 1. The third-order valence-corrected chi connectivity index (χ3v) is 6.69. The molecule has 0 spiro atoms. The maximum atomic E-state index is 12.6. The molecule has 1 atom stereocenters. The van der Waals surface area contributed by atoms with Crippen molar-refractivity contribution in [2.24, 2.45) is 0 Å². The smallest absolute Gasteiger partial charge is 0.251 e. The molecule has 152 valence electrons. The summed E-state index contributed by atoms with van der Waals surface area (Å²) >= 11 is 0. The highest BCUT2D eigenvalue weighted by Gasteiger charge is 2.26. The summed E-state index contributed by atoms with van der Waals surface area (Å²) in [6.45, 7) is 1.87. The van der Waals surface area contributed by atoms with Gasteiger partial charge in [-0.15, -0.1) is 0 Å². The molecule has 1 saturated heterocycles. The van der Waals surface area contributed by atoms with Crippen molar-refractivity contribution in [1.29, 1.82) is 0 Å². The summed E-state index contributed by atoms with van der Waals surface area (Å²) in [5.41, 5.74) is 0.410. The summed E-state index contributed by atoms with van der Waals surface area (Å²) < 4.78 is 37.4. The predicted octanol–water partition coefficient (Wildman–Crippen LogP) is -0.0839. The monoisotopic (exact) mass is 408 g/mol. The number of benzene rings is 1. The highest BCUT2D eigenvalue weighted by atomic mass is 32.2. The molecular weight excluding hydrogens is 382 g/mol. The van der Waals surface area contributed by atoms with Gasteiger partial charge in [0.2, 0.25) is 10.0 Å². The minimum atomic E-state index is -3.57. The van der Waals surface area contributed by atoms with Gasteiger partial charge < -0.3 is 19.4 Å². The number of quaternary nitrogens is 1. The Labute approximate surface area is 165 Å². The van der Waals surface area contributed by atoms with Gasteiger partial charge in [-0.2, -0.15) is 4.31 Å². The highest BCUT2D eigenvalue weighted by molar-refractivity contribution is 7.89. The number of furan rings is 1. The van der Waals surface area contributed by atoms with Crippen LogP contribution >= 0.6 is 0 Å². The fourth-order valence-corrected chi connectivity index (χ4v) is 4.50. The quantitative estimate of drug-likeness (QED) is 0.668. The van der Waals surface area contributed by atoms with Crippen molar-refractivity contribution in [3.8, 4) is 0 Å². The number of nitrogens with zero attached hydrogens (tertiary/aromatic N) is 1. The van der Waals surface area contributed by atoms with Crippen molar-refractivity contribution in [2.75, 3.05) is 46.9 Å². The third-order valence-electron chi connectivity index (χ3n) is 4.77. The molecule has 0 unspecified atom stereocenters. The lowest BCUT2D eigenvalue weighted by Gasteiger charge is -2.26. The highest BCUT2D eigenvalue weighted by Crippen LogP contribution is 2.18. The molecule has 28 heavy (non-hydrogen) atoms. The zero-order valence-corrected chi connectivity index (χ0v) is 16.9. The first-order valence-electron chi connectivity index (χ1n) is 9.19. The average Bonchev–Trinajstić information content (AvgIpc) is 3.23. The molecular formula is C19H26N3O5S+. The van der Waals surface area contributed by atoms with Crippen LogP contribution in [0, 0.1) is 0 Å². The van der Waals surface area contributed by atoms with E-state index >= 15 is 0 Å². The lowest BCUT2D eigenvalue weighted by molar-refractivity contribution is -0.891. The Morgan fingerprint density at radius 2 is 1.86 bits per heavy atom. The van der Waals surface area contributed by atoms with Crippen LogP contribution in [-0.2, 0) is 14.8 Å². The largest absolute Gasteiger partial charge is 0.463 e. The van der Waals surface area contributed by atoms with Gasteiger partial charge in [-0.25, -0.2) is 8.42 Å². The van der Waals surface area contributed by atoms with Crippen LogP contribution in [0.2, 0.25) is 0 Å². The fraction of sp³-hybridized carbons (Fsp3) is 0.421. The van der Waals surface area contributed by atoms with Gasteiger partial charge in [0.1, 0.15) is 0 Å². The second-order valence-corrected chi connectivity index (χ2v) is 8.83. The van der Waals surface area contributed by atoms with E-state index in [1.54, 1.807) is 6.26 Å². The van der Waals surface area contributed by atoms with E-state index in [1.165, 1.54) is 28.6 Å². The first-order chi connectivity index (χ1) is 13.4. The van der Waals surface area contributed by atoms with Crippen molar-refractivity contribution in [3.63, 3.8) is 0 Å². The van der Waals surface area contributed by atoms with Crippen molar-refractivity contribution < 1.29 is 27.3 Å². The summed E-state index contributed by atoms with van der Waals surface area (Å²) in [7, 11) is 0.416. The standard InChI is InChI=1S/C19H25N3O5S/c1-21(2)17(18-4-3-11-27-18)14-20-19(23)15-5-7-16(8-6-15)28(24,25)22-9-12-26-13-10-22/h3-8,11,17H,9-10,12-14H2,1-2H3,(H,20,23)/p+1/t17-/m0/s1. The summed E-state index contributed by atoms with van der Waals surface area (Å²) in [4.78, 5) is 13.8. The van der Waals surface area contributed by atoms with E-state index in [9.17, 15) is 13.2 Å². The average molecular weight is 409 g/mol. The van der Waals surface area contributed by atoms with Crippen LogP contribution < -0.4 is 10.2 Å². The second kappa shape index (κ2) is 8.87. The molecule has 1 aromatic carbocycles. The van der Waals surface area contributed by atoms with Gasteiger partial charge in [-0.1, -0.05) is 0 Å². The third kappa shape index (κ3) is 4.61. The van der Waals surface area contributed by atoms with Gasteiger partial charge in [-0.3, -0.25) is 4.79 Å². The summed E-state index contributed by atoms with van der Waals surface area (Å²) in [5.74, 6) is 0.542. The number of hydrogen-bond acceptors (Lipinski definition) is 5. The number of likely N-dealkylation sites (N-methyl/N-ethyl adjacent to an activating group) is 1. The van der Waals surface area contributed by atoms with Crippen LogP contribution in [0.5, 0.6) is 0 Å². The number of carbonyl (C=O) groups excluding carboxylic acids is 1. The Kier molecular flexibility index (Phi) is 6.50. The molecule has 2 heterocycles. The molecule has 1 amide bonds. The minimum absolute atomic E-state index is 0.0140. The molecule has 1 fully saturated rings. The van der Waals surface area contributed by atoms with Crippen molar-refractivity contribution >= 4 is 15.9 Å². The number of rotatable bonds is 7. The van der Waals surface area contributed by atoms with Crippen molar-refractivity contribution in [1.82, 2.24) is 9.62 Å². The molecule has 1 aromatic heterocycles. The Morgan fingerprint density at radius 3 is 2.43 bits per heavy atom. The lowest BCUT2D eigenvalue weighted by Crippen LogP contribution is -3.07. The Hall–Kier alpha value is -2.20. The molecule has 1 aliphatic heterocycles. The minimum Gasteiger partial charge on any atom is -0.463 e. The molecule has 0 bridgehead atoms. The van der Waals surface area contributed by atoms with Gasteiger partial charge in [0, 0.05) is 18.7 Å². The first kappa shape index (κ1) is 20.5. The number of hydrogen-bond donors (Lipinski definition) is 2. The van der Waals surface area contributed by atoms with Gasteiger partial charge in [0.15, 0.2) is 11.8 Å². The maximum Gasteiger partial charge on any atom is 0.251 e. The second-order valence-electron chi connectivity index (χ2n) is 6.90. The number of sulfonamides is 1. The topological polar surface area (TPSA) is 93.3 Å². The SMILES string of the molecule is C[NH+](C)[C@@H](CNC(=O)c1ccc(S(=O)(=O)N2CCOCC2)cc1)c1ccco1. The normalized spacial score (nSPS) is 16.8. The van der Waals surface area contributed by atoms with Gasteiger partial charge in [0.05, 0.1) is 45.0 Å². The van der Waals surface area contributed by atoms with E-state index in [2.05, 4.69) is 5.32 Å². The number of carbonyl (C=O) groups is 1. The van der Waals surface area contributed by atoms with Crippen LogP contribution in [-0.4, -0.2) is 65.6 Å². The summed E-state index contributed by atoms with van der Waals surface area (Å²) in [5, 5.41) is 2.89. The number of morpholine rings is 1. The van der Waals surface area contributed by atoms with Gasteiger partial charge >= 0.3 is 0 Å². The summed E-state index contributed by atoms with van der Waals surface area (Å²) in [6, 6.07) is 9.71. The Bertz CT molecular complexity index is 873. The molecule has 0 radical (unpaired) electrons. The maximum absolute atomic E-state index is 12.6. The van der Waals surface area contributed by atoms with Crippen molar-refractivity contribution in [3.05, 3.63) is 54.0 Å². The molecule has 2 N–H and O–H groups in total. The zero-order valence-electron chi connectivity index (χ0n) is 16.1. The molecule has 0 aliphatic carbocycles. The van der Waals surface area contributed by atoms with Crippen LogP contribution in [0.4, 0.5) is 0 Å². The molecule has 0 saturated carbocycles. The predicted molar refractivity (Wildman–Crippen MR) is 103 cm³/mol. The van der Waals surface area contributed by atoms with E-state index in [1.807, 2.05) is 26.2 Å². The Morgan fingerprint density at radius 1 is 1.18 bits per heavy atom. The van der Waals surface area contributed by atoms with Crippen LogP contribution in [0.25, 0.3) is 0 Å². The molecule has 1 aliphatic rings.